The van der Waals surface area contributed by atoms with E-state index in [0.29, 0.717) is 35.5 Å². The van der Waals surface area contributed by atoms with Crippen LogP contribution in [0.4, 0.5) is 0 Å². The van der Waals surface area contributed by atoms with Gasteiger partial charge in [-0.05, 0) is 121 Å². The first-order chi connectivity index (χ1) is 25.8. The van der Waals surface area contributed by atoms with Crippen molar-refractivity contribution in [3.8, 4) is 0 Å². The van der Waals surface area contributed by atoms with Gasteiger partial charge in [-0.3, -0.25) is 19.9 Å². The van der Waals surface area contributed by atoms with Crippen molar-refractivity contribution in [2.24, 2.45) is 11.8 Å². The van der Waals surface area contributed by atoms with E-state index in [1.165, 1.54) is 69.5 Å². The van der Waals surface area contributed by atoms with Gasteiger partial charge in [-0.25, -0.2) is 0 Å². The van der Waals surface area contributed by atoms with E-state index in [1.54, 1.807) is 0 Å². The molecule has 4 aromatic heterocycles. The van der Waals surface area contributed by atoms with Gasteiger partial charge in [-0.1, -0.05) is 97.1 Å². The van der Waals surface area contributed by atoms with Crippen LogP contribution >= 0.6 is 0 Å². The van der Waals surface area contributed by atoms with E-state index in [-0.39, 0.29) is 0 Å². The molecule has 4 aromatic carbocycles. The molecule has 4 heteroatoms. The molecule has 0 spiro atoms. The number of pyridine rings is 4. The van der Waals surface area contributed by atoms with Crippen LogP contribution in [0, 0.1) is 11.8 Å². The number of rotatable bonds is 5. The standard InChI is InChI=1S/C48H42N4/c1-9-31-13-5-21-49-45(31)41(17-1)37-25-35(26-38(29-37)42-18-2-10-32-14-6-22-50-46(32)42)36-27-39(43-19-3-11-33-15-7-23-51-47(33)43)30-40(28-36)44-20-4-12-34-16-8-24-52-48(34)44/h1-24,35-40H,25-30H2. The summed E-state index contributed by atoms with van der Waals surface area (Å²) < 4.78 is 0. The summed E-state index contributed by atoms with van der Waals surface area (Å²) in [5.74, 6) is 2.77. The minimum absolute atomic E-state index is 0.415. The highest BCUT2D eigenvalue weighted by Crippen LogP contribution is 2.55. The summed E-state index contributed by atoms with van der Waals surface area (Å²) in [6.07, 6.45) is 14.8. The van der Waals surface area contributed by atoms with Crippen molar-refractivity contribution in [1.82, 2.24) is 19.9 Å². The molecule has 2 saturated carbocycles. The van der Waals surface area contributed by atoms with Gasteiger partial charge in [0.25, 0.3) is 0 Å². The average Bonchev–Trinajstić information content (AvgIpc) is 3.22. The topological polar surface area (TPSA) is 51.6 Å². The van der Waals surface area contributed by atoms with Crippen LogP contribution in [0.3, 0.4) is 0 Å². The van der Waals surface area contributed by atoms with Gasteiger partial charge < -0.3 is 0 Å². The van der Waals surface area contributed by atoms with Crippen molar-refractivity contribution in [3.05, 3.63) is 168 Å². The van der Waals surface area contributed by atoms with Gasteiger partial charge in [-0.15, -0.1) is 0 Å². The lowest BCUT2D eigenvalue weighted by atomic mass is 9.60. The third-order valence-electron chi connectivity index (χ3n) is 12.6. The number of hydrogen-bond donors (Lipinski definition) is 0. The van der Waals surface area contributed by atoms with E-state index in [2.05, 4.69) is 121 Å². The Morgan fingerprint density at radius 1 is 0.288 bits per heavy atom. The molecule has 0 radical (unpaired) electrons. The molecule has 8 aromatic rings. The van der Waals surface area contributed by atoms with Crippen LogP contribution in [-0.4, -0.2) is 19.9 Å². The highest BCUT2D eigenvalue weighted by Gasteiger charge is 2.41. The number of aromatic nitrogens is 4. The van der Waals surface area contributed by atoms with Crippen molar-refractivity contribution in [2.45, 2.75) is 62.2 Å². The maximum atomic E-state index is 4.98. The second kappa shape index (κ2) is 13.2. The monoisotopic (exact) mass is 674 g/mol. The van der Waals surface area contributed by atoms with Crippen LogP contribution in [0.25, 0.3) is 43.6 Å². The first-order valence-corrected chi connectivity index (χ1v) is 19.1. The molecule has 10 rings (SSSR count). The Morgan fingerprint density at radius 3 is 0.808 bits per heavy atom. The Kier molecular flexibility index (Phi) is 7.97. The normalized spacial score (nSPS) is 23.7. The zero-order valence-corrected chi connectivity index (χ0v) is 29.4. The molecule has 254 valence electrons. The highest BCUT2D eigenvalue weighted by molar-refractivity contribution is 5.85. The molecule has 0 N–H and O–H groups in total. The second-order valence-corrected chi connectivity index (χ2v) is 15.4. The molecule has 4 unspecified atom stereocenters. The predicted octanol–water partition coefficient (Wildman–Crippen LogP) is 11.9. The van der Waals surface area contributed by atoms with Gasteiger partial charge in [0.1, 0.15) is 0 Å². The van der Waals surface area contributed by atoms with Crippen molar-refractivity contribution in [2.75, 3.05) is 0 Å². The molecule has 52 heavy (non-hydrogen) atoms. The number of fused-ring (bicyclic) bond motifs is 4. The summed E-state index contributed by atoms with van der Waals surface area (Å²) >= 11 is 0. The van der Waals surface area contributed by atoms with E-state index in [4.69, 9.17) is 19.9 Å². The fourth-order valence-electron chi connectivity index (χ4n) is 10.3. The number of nitrogens with zero attached hydrogens (tertiary/aromatic N) is 4. The summed E-state index contributed by atoms with van der Waals surface area (Å²) in [7, 11) is 0. The van der Waals surface area contributed by atoms with Crippen molar-refractivity contribution >= 4 is 43.6 Å². The third kappa shape index (κ3) is 5.62. The van der Waals surface area contributed by atoms with Crippen LogP contribution in [-0.2, 0) is 0 Å². The molecule has 0 amide bonds. The van der Waals surface area contributed by atoms with E-state index in [1.807, 2.05) is 24.8 Å². The van der Waals surface area contributed by atoms with Crippen LogP contribution in [0.5, 0.6) is 0 Å². The Labute approximate surface area is 305 Å². The molecular formula is C48H42N4. The lowest BCUT2D eigenvalue weighted by Crippen LogP contribution is -2.32. The molecule has 2 fully saturated rings. The summed E-state index contributed by atoms with van der Waals surface area (Å²) in [6.45, 7) is 0. The molecule has 2 aliphatic carbocycles. The predicted molar refractivity (Wildman–Crippen MR) is 213 cm³/mol. The van der Waals surface area contributed by atoms with Crippen LogP contribution in [0.15, 0.2) is 146 Å². The van der Waals surface area contributed by atoms with Crippen molar-refractivity contribution < 1.29 is 0 Å². The number of benzene rings is 4. The molecule has 0 saturated heterocycles. The Hall–Kier alpha value is -5.48. The minimum Gasteiger partial charge on any atom is -0.256 e. The lowest BCUT2D eigenvalue weighted by molar-refractivity contribution is 0.148. The molecular weight excluding hydrogens is 633 g/mol. The third-order valence-corrected chi connectivity index (χ3v) is 12.6. The van der Waals surface area contributed by atoms with Gasteiger partial charge >= 0.3 is 0 Å². The summed E-state index contributed by atoms with van der Waals surface area (Å²) in [4.78, 5) is 19.9. The van der Waals surface area contributed by atoms with Crippen molar-refractivity contribution in [3.63, 3.8) is 0 Å². The number of hydrogen-bond acceptors (Lipinski definition) is 4. The number of para-hydroxylation sites is 4. The van der Waals surface area contributed by atoms with E-state index < -0.39 is 0 Å². The quantitative estimate of drug-likeness (QED) is 0.182. The lowest BCUT2D eigenvalue weighted by Gasteiger charge is -2.44. The molecule has 0 bridgehead atoms. The fraction of sp³-hybridized carbons (Fsp3) is 0.250. The average molecular weight is 675 g/mol. The molecule has 4 atom stereocenters. The highest BCUT2D eigenvalue weighted by atomic mass is 14.7. The van der Waals surface area contributed by atoms with Crippen LogP contribution < -0.4 is 0 Å². The van der Waals surface area contributed by atoms with Gasteiger partial charge in [0.05, 0.1) is 22.1 Å². The summed E-state index contributed by atoms with van der Waals surface area (Å²) in [5, 5.41) is 4.93. The smallest absolute Gasteiger partial charge is 0.0736 e. The van der Waals surface area contributed by atoms with Gasteiger partial charge in [0, 0.05) is 46.3 Å². The zero-order chi connectivity index (χ0) is 34.4. The van der Waals surface area contributed by atoms with Crippen molar-refractivity contribution in [1.29, 1.82) is 0 Å². The fourth-order valence-corrected chi connectivity index (χ4v) is 10.3. The molecule has 4 nitrogen and oxygen atoms in total. The Morgan fingerprint density at radius 2 is 0.538 bits per heavy atom. The minimum atomic E-state index is 0.415. The first-order valence-electron chi connectivity index (χ1n) is 19.1. The van der Waals surface area contributed by atoms with E-state index >= 15 is 0 Å². The SMILES string of the molecule is c1cnc2c(C3CC(c4cccc5cccnc45)CC(C4CC(c5cccc6cccnc56)CC(c5cccc6cccnc56)C4)C3)cccc2c1. The second-order valence-electron chi connectivity index (χ2n) is 15.4. The van der Waals surface area contributed by atoms with Gasteiger partial charge in [-0.2, -0.15) is 0 Å². The zero-order valence-electron chi connectivity index (χ0n) is 29.4. The van der Waals surface area contributed by atoms with Gasteiger partial charge in [0.2, 0.25) is 0 Å². The first kappa shape index (κ1) is 31.3. The largest absolute Gasteiger partial charge is 0.256 e. The molecule has 0 aliphatic heterocycles. The Balaban J connectivity index is 1.10. The molecule has 2 aliphatic rings. The van der Waals surface area contributed by atoms with E-state index in [9.17, 15) is 0 Å². The van der Waals surface area contributed by atoms with Crippen LogP contribution in [0.2, 0.25) is 0 Å². The maximum absolute atomic E-state index is 4.98. The Bertz CT molecular complexity index is 2190. The molecule has 4 heterocycles. The van der Waals surface area contributed by atoms with E-state index in [0.717, 1.165) is 34.9 Å². The van der Waals surface area contributed by atoms with Crippen LogP contribution in [0.1, 0.15) is 84.5 Å². The van der Waals surface area contributed by atoms with Gasteiger partial charge in [0.15, 0.2) is 0 Å². The summed E-state index contributed by atoms with van der Waals surface area (Å²) in [5.41, 5.74) is 10.3. The summed E-state index contributed by atoms with van der Waals surface area (Å²) in [6, 6.07) is 44.4. The maximum Gasteiger partial charge on any atom is 0.0736 e.